The molecule has 0 spiro atoms. The Morgan fingerprint density at radius 3 is 2.79 bits per heavy atom. The second kappa shape index (κ2) is 6.84. The molecule has 24 heavy (non-hydrogen) atoms. The highest BCUT2D eigenvalue weighted by atomic mass is 35.5. The van der Waals surface area contributed by atoms with Gasteiger partial charge in [-0.2, -0.15) is 0 Å². The fourth-order valence-electron chi connectivity index (χ4n) is 2.42. The van der Waals surface area contributed by atoms with Gasteiger partial charge in [-0.15, -0.1) is 0 Å². The molecule has 3 N–H and O–H groups in total. The molecular weight excluding hydrogens is 328 g/mol. The standard InChI is InChI=1S/C18H17ClN2O3/c1-2-23-18(22)11-3-6-17(15(20)9-11)24-10-14-8-12-7-13(19)4-5-16(12)21-14/h3-9,21H,2,10,20H2,1H3. The summed E-state index contributed by atoms with van der Waals surface area (Å²) < 4.78 is 10.7. The van der Waals surface area contributed by atoms with Crippen LogP contribution in [0.25, 0.3) is 10.9 Å². The Balaban J connectivity index is 1.72. The lowest BCUT2D eigenvalue weighted by molar-refractivity contribution is 0.0526. The van der Waals surface area contributed by atoms with E-state index in [-0.39, 0.29) is 0 Å². The van der Waals surface area contributed by atoms with Gasteiger partial charge in [0.2, 0.25) is 0 Å². The average Bonchev–Trinajstić information content (AvgIpc) is 2.95. The van der Waals surface area contributed by atoms with Gasteiger partial charge >= 0.3 is 5.97 Å². The van der Waals surface area contributed by atoms with Crippen LogP contribution in [0.2, 0.25) is 5.02 Å². The monoisotopic (exact) mass is 344 g/mol. The van der Waals surface area contributed by atoms with Crippen LogP contribution in [0.3, 0.4) is 0 Å². The minimum Gasteiger partial charge on any atom is -0.485 e. The molecule has 0 aliphatic rings. The number of aromatic nitrogens is 1. The van der Waals surface area contributed by atoms with Crippen LogP contribution in [0.1, 0.15) is 23.0 Å². The molecule has 0 unspecified atom stereocenters. The molecule has 6 heteroatoms. The number of fused-ring (bicyclic) bond motifs is 1. The third-order valence-corrected chi connectivity index (χ3v) is 3.78. The molecule has 0 bridgehead atoms. The highest BCUT2D eigenvalue weighted by Crippen LogP contribution is 2.25. The lowest BCUT2D eigenvalue weighted by Gasteiger charge is -2.09. The Kier molecular flexibility index (Phi) is 4.62. The summed E-state index contributed by atoms with van der Waals surface area (Å²) in [6.07, 6.45) is 0. The third kappa shape index (κ3) is 3.46. The first-order valence-electron chi connectivity index (χ1n) is 7.53. The van der Waals surface area contributed by atoms with Crippen LogP contribution in [-0.4, -0.2) is 17.6 Å². The molecule has 5 nitrogen and oxygen atoms in total. The van der Waals surface area contributed by atoms with E-state index in [9.17, 15) is 4.79 Å². The lowest BCUT2D eigenvalue weighted by atomic mass is 10.2. The maximum Gasteiger partial charge on any atom is 0.338 e. The smallest absolute Gasteiger partial charge is 0.338 e. The van der Waals surface area contributed by atoms with E-state index in [0.717, 1.165) is 16.6 Å². The molecule has 3 rings (SSSR count). The third-order valence-electron chi connectivity index (χ3n) is 3.54. The summed E-state index contributed by atoms with van der Waals surface area (Å²) in [6, 6.07) is 12.5. The lowest BCUT2D eigenvalue weighted by Crippen LogP contribution is -2.06. The molecule has 2 aromatic carbocycles. The first kappa shape index (κ1) is 16.2. The number of hydrogen-bond acceptors (Lipinski definition) is 4. The van der Waals surface area contributed by atoms with Crippen LogP contribution >= 0.6 is 11.6 Å². The zero-order chi connectivity index (χ0) is 17.1. The summed E-state index contributed by atoms with van der Waals surface area (Å²) in [6.45, 7) is 2.41. The predicted octanol–water partition coefficient (Wildman–Crippen LogP) is 4.16. The summed E-state index contributed by atoms with van der Waals surface area (Å²) in [7, 11) is 0. The van der Waals surface area contributed by atoms with Crippen molar-refractivity contribution in [3.63, 3.8) is 0 Å². The van der Waals surface area contributed by atoms with Crippen LogP contribution in [0.5, 0.6) is 5.75 Å². The van der Waals surface area contributed by atoms with E-state index in [0.29, 0.717) is 35.2 Å². The largest absolute Gasteiger partial charge is 0.485 e. The summed E-state index contributed by atoms with van der Waals surface area (Å²) in [5.41, 5.74) is 8.64. The molecule has 0 amide bonds. The molecule has 0 saturated heterocycles. The Morgan fingerprint density at radius 1 is 1.21 bits per heavy atom. The molecule has 124 valence electrons. The van der Waals surface area contributed by atoms with Gasteiger partial charge in [0.15, 0.2) is 0 Å². The number of nitrogens with two attached hydrogens (primary N) is 1. The van der Waals surface area contributed by atoms with Crippen molar-refractivity contribution in [3.05, 3.63) is 58.7 Å². The number of esters is 1. The molecule has 1 aromatic heterocycles. The van der Waals surface area contributed by atoms with Gasteiger partial charge in [-0.1, -0.05) is 11.6 Å². The van der Waals surface area contributed by atoms with Gasteiger partial charge in [-0.05, 0) is 49.4 Å². The summed E-state index contributed by atoms with van der Waals surface area (Å²) in [5, 5.41) is 1.71. The summed E-state index contributed by atoms with van der Waals surface area (Å²) in [5.74, 6) is 0.114. The van der Waals surface area contributed by atoms with E-state index in [1.54, 1.807) is 25.1 Å². The molecule has 0 saturated carbocycles. The maximum absolute atomic E-state index is 11.7. The molecule has 3 aromatic rings. The van der Waals surface area contributed by atoms with Crippen LogP contribution in [0.4, 0.5) is 5.69 Å². The fraction of sp³-hybridized carbons (Fsp3) is 0.167. The number of benzene rings is 2. The van der Waals surface area contributed by atoms with Gasteiger partial charge < -0.3 is 20.2 Å². The summed E-state index contributed by atoms with van der Waals surface area (Å²) >= 11 is 5.99. The van der Waals surface area contributed by atoms with Gasteiger partial charge in [-0.25, -0.2) is 4.79 Å². The highest BCUT2D eigenvalue weighted by molar-refractivity contribution is 6.31. The number of carbonyl (C=O) groups is 1. The average molecular weight is 345 g/mol. The minimum absolute atomic E-state index is 0.321. The number of carbonyl (C=O) groups excluding carboxylic acids is 1. The molecule has 0 fully saturated rings. The van der Waals surface area contributed by atoms with Gasteiger partial charge in [-0.3, -0.25) is 0 Å². The van der Waals surface area contributed by atoms with E-state index >= 15 is 0 Å². The number of rotatable bonds is 5. The first-order valence-corrected chi connectivity index (χ1v) is 7.91. The van der Waals surface area contributed by atoms with E-state index in [4.69, 9.17) is 26.8 Å². The molecular formula is C18H17ClN2O3. The van der Waals surface area contributed by atoms with Gasteiger partial charge in [0.25, 0.3) is 0 Å². The SMILES string of the molecule is CCOC(=O)c1ccc(OCc2cc3cc(Cl)ccc3[nH]2)c(N)c1. The van der Waals surface area contributed by atoms with Gasteiger partial charge in [0.05, 0.1) is 23.6 Å². The topological polar surface area (TPSA) is 77.3 Å². The molecule has 0 atom stereocenters. The second-order valence-electron chi connectivity index (χ2n) is 5.29. The van der Waals surface area contributed by atoms with Crippen molar-refractivity contribution in [3.8, 4) is 5.75 Å². The van der Waals surface area contributed by atoms with E-state index in [2.05, 4.69) is 4.98 Å². The molecule has 0 radical (unpaired) electrons. The van der Waals surface area contributed by atoms with E-state index in [1.807, 2.05) is 24.3 Å². The van der Waals surface area contributed by atoms with Gasteiger partial charge in [0, 0.05) is 15.9 Å². The van der Waals surface area contributed by atoms with Crippen LogP contribution in [0, 0.1) is 0 Å². The molecule has 1 heterocycles. The predicted molar refractivity (Wildman–Crippen MR) is 94.5 cm³/mol. The normalized spacial score (nSPS) is 10.8. The first-order chi connectivity index (χ1) is 11.6. The van der Waals surface area contributed by atoms with Crippen molar-refractivity contribution in [1.82, 2.24) is 4.98 Å². The number of aromatic amines is 1. The number of nitrogen functional groups attached to an aromatic ring is 1. The molecule has 0 aliphatic carbocycles. The Labute approximate surface area is 144 Å². The van der Waals surface area contributed by atoms with Crippen LogP contribution in [0.15, 0.2) is 42.5 Å². The summed E-state index contributed by atoms with van der Waals surface area (Å²) in [4.78, 5) is 14.9. The number of halogens is 1. The Morgan fingerprint density at radius 2 is 2.04 bits per heavy atom. The van der Waals surface area contributed by atoms with Crippen molar-refractivity contribution in [2.24, 2.45) is 0 Å². The van der Waals surface area contributed by atoms with E-state index in [1.165, 1.54) is 0 Å². The van der Waals surface area contributed by atoms with Crippen molar-refractivity contribution >= 4 is 34.2 Å². The quantitative estimate of drug-likeness (QED) is 0.538. The van der Waals surface area contributed by atoms with Crippen LogP contribution < -0.4 is 10.5 Å². The van der Waals surface area contributed by atoms with Crippen molar-refractivity contribution in [2.75, 3.05) is 12.3 Å². The Bertz CT molecular complexity index is 889. The van der Waals surface area contributed by atoms with Crippen LogP contribution in [-0.2, 0) is 11.3 Å². The number of nitrogens with one attached hydrogen (secondary N) is 1. The minimum atomic E-state index is -0.400. The number of hydrogen-bond donors (Lipinski definition) is 2. The highest BCUT2D eigenvalue weighted by Gasteiger charge is 2.10. The van der Waals surface area contributed by atoms with E-state index < -0.39 is 5.97 Å². The van der Waals surface area contributed by atoms with Gasteiger partial charge in [0.1, 0.15) is 12.4 Å². The maximum atomic E-state index is 11.7. The zero-order valence-corrected chi connectivity index (χ0v) is 13.9. The second-order valence-corrected chi connectivity index (χ2v) is 5.72. The number of H-pyrrole nitrogens is 1. The Hall–Kier alpha value is -2.66. The van der Waals surface area contributed by atoms with Crippen molar-refractivity contribution in [2.45, 2.75) is 13.5 Å². The van der Waals surface area contributed by atoms with Crippen molar-refractivity contribution < 1.29 is 14.3 Å². The van der Waals surface area contributed by atoms with Crippen molar-refractivity contribution in [1.29, 1.82) is 0 Å². The molecule has 0 aliphatic heterocycles. The number of anilines is 1. The fourth-order valence-corrected chi connectivity index (χ4v) is 2.60. The number of ether oxygens (including phenoxy) is 2. The zero-order valence-electron chi connectivity index (χ0n) is 13.1.